The van der Waals surface area contributed by atoms with Gasteiger partial charge in [-0.25, -0.2) is 0 Å². The standard InChI is InChI=1S/C17H16ClN3OS3/c1-11(15(22)12-4-6-13(18)7-5-12)24-17-21-20-16(25-17)19-9-8-14-3-2-10-23-14/h2-7,10-11H,8-9H2,1H3,(H,19,20). The Kier molecular flexibility index (Phi) is 6.47. The van der Waals surface area contributed by atoms with Gasteiger partial charge < -0.3 is 5.32 Å². The van der Waals surface area contributed by atoms with E-state index in [0.29, 0.717) is 10.6 Å². The molecule has 1 atom stereocenters. The van der Waals surface area contributed by atoms with Crippen LogP contribution in [0.2, 0.25) is 5.02 Å². The van der Waals surface area contributed by atoms with Crippen LogP contribution in [0.25, 0.3) is 0 Å². The molecular formula is C17H16ClN3OS3. The highest BCUT2D eigenvalue weighted by Gasteiger charge is 2.18. The summed E-state index contributed by atoms with van der Waals surface area (Å²) in [6.45, 7) is 2.70. The van der Waals surface area contributed by atoms with Gasteiger partial charge in [0.15, 0.2) is 10.1 Å². The molecule has 0 aliphatic heterocycles. The van der Waals surface area contributed by atoms with E-state index in [1.54, 1.807) is 35.6 Å². The number of halogens is 1. The zero-order chi connectivity index (χ0) is 17.6. The van der Waals surface area contributed by atoms with Crippen LogP contribution in [-0.2, 0) is 6.42 Å². The van der Waals surface area contributed by atoms with Crippen LogP contribution in [-0.4, -0.2) is 27.8 Å². The zero-order valence-electron chi connectivity index (χ0n) is 13.4. The summed E-state index contributed by atoms with van der Waals surface area (Å²) >= 11 is 10.5. The molecule has 0 aliphatic carbocycles. The second-order valence-electron chi connectivity index (χ2n) is 5.26. The predicted octanol–water partition coefficient (Wildman–Crippen LogP) is 5.27. The monoisotopic (exact) mass is 409 g/mol. The van der Waals surface area contributed by atoms with Crippen LogP contribution in [0.5, 0.6) is 0 Å². The summed E-state index contributed by atoms with van der Waals surface area (Å²) in [4.78, 5) is 13.8. The van der Waals surface area contributed by atoms with Gasteiger partial charge in [0.25, 0.3) is 0 Å². The topological polar surface area (TPSA) is 54.9 Å². The molecule has 3 rings (SSSR count). The van der Waals surface area contributed by atoms with Gasteiger partial charge >= 0.3 is 0 Å². The lowest BCUT2D eigenvalue weighted by molar-refractivity contribution is 0.0994. The molecule has 0 saturated carbocycles. The van der Waals surface area contributed by atoms with E-state index in [4.69, 9.17) is 11.6 Å². The maximum atomic E-state index is 12.4. The number of hydrogen-bond acceptors (Lipinski definition) is 7. The van der Waals surface area contributed by atoms with Crippen LogP contribution < -0.4 is 5.32 Å². The number of hydrogen-bond donors (Lipinski definition) is 1. The van der Waals surface area contributed by atoms with Crippen molar-refractivity contribution in [2.75, 3.05) is 11.9 Å². The first-order chi connectivity index (χ1) is 12.1. The summed E-state index contributed by atoms with van der Waals surface area (Å²) in [6, 6.07) is 11.1. The van der Waals surface area contributed by atoms with Gasteiger partial charge in [-0.1, -0.05) is 40.8 Å². The molecule has 0 bridgehead atoms. The van der Waals surface area contributed by atoms with E-state index in [9.17, 15) is 4.79 Å². The number of nitrogens with one attached hydrogen (secondary N) is 1. The molecule has 1 aromatic carbocycles. The van der Waals surface area contributed by atoms with Gasteiger partial charge in [-0.05, 0) is 49.1 Å². The Balaban J connectivity index is 1.51. The van der Waals surface area contributed by atoms with Gasteiger partial charge in [-0.2, -0.15) is 0 Å². The fraction of sp³-hybridized carbons (Fsp3) is 0.235. The molecular weight excluding hydrogens is 394 g/mol. The van der Waals surface area contributed by atoms with E-state index in [1.165, 1.54) is 28.0 Å². The Morgan fingerprint density at radius 1 is 1.28 bits per heavy atom. The number of thioether (sulfide) groups is 1. The lowest BCUT2D eigenvalue weighted by atomic mass is 10.1. The first kappa shape index (κ1) is 18.4. The highest BCUT2D eigenvalue weighted by atomic mass is 35.5. The third-order valence-corrected chi connectivity index (χ3v) is 6.66. The second-order valence-corrected chi connectivity index (χ2v) is 9.29. The summed E-state index contributed by atoms with van der Waals surface area (Å²) in [7, 11) is 0. The fourth-order valence-electron chi connectivity index (χ4n) is 2.13. The largest absolute Gasteiger partial charge is 0.360 e. The minimum Gasteiger partial charge on any atom is -0.360 e. The number of anilines is 1. The lowest BCUT2D eigenvalue weighted by Crippen LogP contribution is -2.13. The zero-order valence-corrected chi connectivity index (χ0v) is 16.6. The number of carbonyl (C=O) groups is 1. The Hall–Kier alpha value is -1.41. The molecule has 0 fully saturated rings. The number of thiophene rings is 1. The van der Waals surface area contributed by atoms with Crippen molar-refractivity contribution in [1.82, 2.24) is 10.2 Å². The van der Waals surface area contributed by atoms with Gasteiger partial charge in [0.05, 0.1) is 5.25 Å². The molecule has 4 nitrogen and oxygen atoms in total. The Labute approximate surface area is 163 Å². The number of rotatable bonds is 8. The molecule has 8 heteroatoms. The van der Waals surface area contributed by atoms with E-state index >= 15 is 0 Å². The van der Waals surface area contributed by atoms with Crippen LogP contribution in [0.3, 0.4) is 0 Å². The third-order valence-electron chi connectivity index (χ3n) is 3.41. The Bertz CT molecular complexity index is 818. The molecule has 2 heterocycles. The van der Waals surface area contributed by atoms with Crippen molar-refractivity contribution in [3.63, 3.8) is 0 Å². The molecule has 3 aromatic rings. The van der Waals surface area contributed by atoms with Crippen LogP contribution in [0.1, 0.15) is 22.2 Å². The van der Waals surface area contributed by atoms with Gasteiger partial charge in [-0.15, -0.1) is 21.5 Å². The number of ketones is 1. The molecule has 0 radical (unpaired) electrons. The van der Waals surface area contributed by atoms with Crippen molar-refractivity contribution in [2.24, 2.45) is 0 Å². The van der Waals surface area contributed by atoms with Crippen molar-refractivity contribution in [3.05, 3.63) is 57.2 Å². The molecule has 0 saturated heterocycles. The van der Waals surface area contributed by atoms with Gasteiger partial charge in [0.1, 0.15) is 0 Å². The van der Waals surface area contributed by atoms with Crippen molar-refractivity contribution in [2.45, 2.75) is 22.9 Å². The molecule has 25 heavy (non-hydrogen) atoms. The summed E-state index contributed by atoms with van der Waals surface area (Å²) in [5.41, 5.74) is 0.656. The highest BCUT2D eigenvalue weighted by molar-refractivity contribution is 8.02. The molecule has 0 amide bonds. The molecule has 0 spiro atoms. The normalized spacial score (nSPS) is 12.1. The number of aromatic nitrogens is 2. The van der Waals surface area contributed by atoms with Gasteiger partial charge in [-0.3, -0.25) is 4.79 Å². The van der Waals surface area contributed by atoms with Crippen LogP contribution >= 0.6 is 46.0 Å². The summed E-state index contributed by atoms with van der Waals surface area (Å²) in [5, 5.41) is 14.8. The van der Waals surface area contributed by atoms with Crippen molar-refractivity contribution < 1.29 is 4.79 Å². The molecule has 2 aromatic heterocycles. The van der Waals surface area contributed by atoms with Crippen molar-refractivity contribution >= 4 is 57.0 Å². The first-order valence-electron chi connectivity index (χ1n) is 7.68. The molecule has 130 valence electrons. The van der Waals surface area contributed by atoms with Crippen molar-refractivity contribution in [3.8, 4) is 0 Å². The second kappa shape index (κ2) is 8.80. The average molecular weight is 410 g/mol. The first-order valence-corrected chi connectivity index (χ1v) is 10.6. The van der Waals surface area contributed by atoms with Gasteiger partial charge in [0.2, 0.25) is 5.13 Å². The lowest BCUT2D eigenvalue weighted by Gasteiger charge is -2.07. The highest BCUT2D eigenvalue weighted by Crippen LogP contribution is 2.30. The molecule has 0 aliphatic rings. The van der Waals surface area contributed by atoms with Gasteiger partial charge in [0, 0.05) is 22.0 Å². The van der Waals surface area contributed by atoms with E-state index in [0.717, 1.165) is 22.4 Å². The minimum absolute atomic E-state index is 0.0593. The minimum atomic E-state index is -0.229. The van der Waals surface area contributed by atoms with E-state index in [2.05, 4.69) is 33.0 Å². The molecule has 1 unspecified atom stereocenters. The van der Waals surface area contributed by atoms with E-state index < -0.39 is 0 Å². The van der Waals surface area contributed by atoms with Crippen molar-refractivity contribution in [1.29, 1.82) is 0 Å². The van der Waals surface area contributed by atoms with Crippen LogP contribution in [0.15, 0.2) is 46.1 Å². The number of Topliss-reactive ketones (excluding diaryl/α,β-unsaturated/α-hetero) is 1. The summed E-state index contributed by atoms with van der Waals surface area (Å²) < 4.78 is 0.786. The summed E-state index contributed by atoms with van der Waals surface area (Å²) in [6.07, 6.45) is 0.963. The smallest absolute Gasteiger partial charge is 0.206 e. The van der Waals surface area contributed by atoms with E-state index in [1.807, 2.05) is 6.92 Å². The maximum Gasteiger partial charge on any atom is 0.206 e. The number of benzene rings is 1. The van der Waals surface area contributed by atoms with E-state index in [-0.39, 0.29) is 11.0 Å². The quantitative estimate of drug-likeness (QED) is 0.405. The SMILES string of the molecule is CC(Sc1nnc(NCCc2cccs2)s1)C(=O)c1ccc(Cl)cc1. The summed E-state index contributed by atoms with van der Waals surface area (Å²) in [5.74, 6) is 0.0593. The Morgan fingerprint density at radius 3 is 2.80 bits per heavy atom. The third kappa shape index (κ3) is 5.28. The number of carbonyl (C=O) groups excluding carboxylic acids is 1. The Morgan fingerprint density at radius 2 is 2.08 bits per heavy atom. The predicted molar refractivity (Wildman–Crippen MR) is 108 cm³/mol. The van der Waals surface area contributed by atoms with Crippen LogP contribution in [0.4, 0.5) is 5.13 Å². The maximum absolute atomic E-state index is 12.4. The number of nitrogens with zero attached hydrogens (tertiary/aromatic N) is 2. The van der Waals surface area contributed by atoms with Crippen LogP contribution in [0, 0.1) is 0 Å². The average Bonchev–Trinajstić information content (AvgIpc) is 3.27. The molecule has 1 N–H and O–H groups in total. The fourth-order valence-corrected chi connectivity index (χ4v) is 4.96.